The number of imidazole rings is 1. The summed E-state index contributed by atoms with van der Waals surface area (Å²) in [4.78, 5) is 4.50. The third kappa shape index (κ3) is 1.81. The number of nitrogens with one attached hydrogen (secondary N) is 1. The summed E-state index contributed by atoms with van der Waals surface area (Å²) >= 11 is 6.98. The van der Waals surface area contributed by atoms with Gasteiger partial charge < -0.3 is 9.55 Å². The minimum absolute atomic E-state index is 0.801. The monoisotopic (exact) mass is 224 g/mol. The van der Waals surface area contributed by atoms with Crippen LogP contribution in [-0.4, -0.2) is 9.55 Å². The van der Waals surface area contributed by atoms with E-state index in [9.17, 15) is 0 Å². The van der Waals surface area contributed by atoms with Crippen molar-refractivity contribution in [3.8, 4) is 0 Å². The standard InChI is InChI=1S/C10H12N2S2/c1-7-3-4-14-9(7)6-12-5-8(2)11-10(12)13/h3-5H,6H2,1-2H3,(H,11,13). The molecule has 2 aromatic heterocycles. The highest BCUT2D eigenvalue weighted by atomic mass is 32.1. The molecule has 2 heterocycles. The minimum atomic E-state index is 0.801. The van der Waals surface area contributed by atoms with Crippen LogP contribution in [0.4, 0.5) is 0 Å². The third-order valence-corrected chi connectivity index (χ3v) is 3.54. The number of thiophene rings is 1. The normalized spacial score (nSPS) is 10.7. The Morgan fingerprint density at radius 3 is 2.79 bits per heavy atom. The van der Waals surface area contributed by atoms with Crippen LogP contribution in [-0.2, 0) is 6.54 Å². The van der Waals surface area contributed by atoms with Gasteiger partial charge in [-0.3, -0.25) is 0 Å². The average Bonchev–Trinajstić information content (AvgIpc) is 2.62. The Labute approximate surface area is 92.2 Å². The zero-order chi connectivity index (χ0) is 10.1. The third-order valence-electron chi connectivity index (χ3n) is 2.20. The molecule has 0 spiro atoms. The molecule has 74 valence electrons. The van der Waals surface area contributed by atoms with E-state index in [0.29, 0.717) is 0 Å². The van der Waals surface area contributed by atoms with Crippen molar-refractivity contribution in [3.05, 3.63) is 38.5 Å². The fraction of sp³-hybridized carbons (Fsp3) is 0.300. The van der Waals surface area contributed by atoms with Gasteiger partial charge >= 0.3 is 0 Å². The van der Waals surface area contributed by atoms with Gasteiger partial charge in [0.25, 0.3) is 0 Å². The largest absolute Gasteiger partial charge is 0.335 e. The molecular formula is C10H12N2S2. The van der Waals surface area contributed by atoms with Gasteiger partial charge in [0.15, 0.2) is 4.77 Å². The van der Waals surface area contributed by atoms with E-state index in [1.807, 2.05) is 6.92 Å². The Kier molecular flexibility index (Phi) is 2.56. The highest BCUT2D eigenvalue weighted by molar-refractivity contribution is 7.71. The van der Waals surface area contributed by atoms with E-state index in [-0.39, 0.29) is 0 Å². The van der Waals surface area contributed by atoms with Gasteiger partial charge in [0.1, 0.15) is 0 Å². The zero-order valence-electron chi connectivity index (χ0n) is 8.20. The first kappa shape index (κ1) is 9.68. The van der Waals surface area contributed by atoms with E-state index >= 15 is 0 Å². The van der Waals surface area contributed by atoms with E-state index < -0.39 is 0 Å². The molecule has 0 aliphatic rings. The fourth-order valence-electron chi connectivity index (χ4n) is 1.40. The van der Waals surface area contributed by atoms with Crippen LogP contribution >= 0.6 is 23.6 Å². The molecule has 0 amide bonds. The topological polar surface area (TPSA) is 20.7 Å². The second kappa shape index (κ2) is 3.71. The SMILES string of the molecule is Cc1cn(Cc2sccc2C)c(=S)[nH]1. The first-order valence-corrected chi connectivity index (χ1v) is 5.74. The lowest BCUT2D eigenvalue weighted by atomic mass is 10.3. The first-order chi connectivity index (χ1) is 6.66. The number of aromatic nitrogens is 2. The van der Waals surface area contributed by atoms with Crippen LogP contribution in [0, 0.1) is 18.6 Å². The zero-order valence-corrected chi connectivity index (χ0v) is 9.84. The molecule has 0 bridgehead atoms. The van der Waals surface area contributed by atoms with E-state index in [4.69, 9.17) is 12.2 Å². The smallest absolute Gasteiger partial charge is 0.177 e. The number of H-pyrrole nitrogens is 1. The molecule has 0 saturated heterocycles. The number of rotatable bonds is 2. The molecule has 0 unspecified atom stereocenters. The molecule has 2 aromatic rings. The predicted molar refractivity (Wildman–Crippen MR) is 62.5 cm³/mol. The lowest BCUT2D eigenvalue weighted by Gasteiger charge is -2.00. The molecule has 0 saturated carbocycles. The molecule has 0 aliphatic carbocycles. The van der Waals surface area contributed by atoms with Gasteiger partial charge in [0, 0.05) is 16.8 Å². The predicted octanol–water partition coefficient (Wildman–Crippen LogP) is 3.27. The second-order valence-corrected chi connectivity index (χ2v) is 4.78. The van der Waals surface area contributed by atoms with Gasteiger partial charge in [-0.25, -0.2) is 0 Å². The van der Waals surface area contributed by atoms with Crippen molar-refractivity contribution in [3.63, 3.8) is 0 Å². The molecule has 0 atom stereocenters. The Hall–Kier alpha value is -0.870. The molecule has 0 aliphatic heterocycles. The van der Waals surface area contributed by atoms with Crippen molar-refractivity contribution in [1.82, 2.24) is 9.55 Å². The highest BCUT2D eigenvalue weighted by Crippen LogP contribution is 2.17. The van der Waals surface area contributed by atoms with Gasteiger partial charge in [-0.15, -0.1) is 11.3 Å². The Bertz CT molecular complexity index is 490. The maximum atomic E-state index is 5.20. The van der Waals surface area contributed by atoms with E-state index in [1.165, 1.54) is 10.4 Å². The fourth-order valence-corrected chi connectivity index (χ4v) is 2.59. The number of hydrogen-bond acceptors (Lipinski definition) is 2. The van der Waals surface area contributed by atoms with Crippen LogP contribution in [0.2, 0.25) is 0 Å². The van der Waals surface area contributed by atoms with Crippen molar-refractivity contribution >= 4 is 23.6 Å². The van der Waals surface area contributed by atoms with Crippen LogP contribution in [0.1, 0.15) is 16.1 Å². The van der Waals surface area contributed by atoms with Crippen LogP contribution < -0.4 is 0 Å². The number of nitrogens with zero attached hydrogens (tertiary/aromatic N) is 1. The lowest BCUT2D eigenvalue weighted by Crippen LogP contribution is -1.97. The number of hydrogen-bond donors (Lipinski definition) is 1. The maximum Gasteiger partial charge on any atom is 0.177 e. The van der Waals surface area contributed by atoms with Crippen molar-refractivity contribution in [2.75, 3.05) is 0 Å². The van der Waals surface area contributed by atoms with Gasteiger partial charge in [-0.05, 0) is 43.1 Å². The van der Waals surface area contributed by atoms with Crippen LogP contribution in [0.5, 0.6) is 0 Å². The Balaban J connectivity index is 2.31. The Morgan fingerprint density at radius 2 is 2.29 bits per heavy atom. The van der Waals surface area contributed by atoms with Gasteiger partial charge in [-0.2, -0.15) is 0 Å². The summed E-state index contributed by atoms with van der Waals surface area (Å²) in [6, 6.07) is 2.14. The quantitative estimate of drug-likeness (QED) is 0.776. The first-order valence-electron chi connectivity index (χ1n) is 4.46. The molecule has 0 aromatic carbocycles. The molecule has 1 N–H and O–H groups in total. The lowest BCUT2D eigenvalue weighted by molar-refractivity contribution is 0.792. The second-order valence-electron chi connectivity index (χ2n) is 3.40. The van der Waals surface area contributed by atoms with Crippen molar-refractivity contribution in [2.24, 2.45) is 0 Å². The maximum absolute atomic E-state index is 5.20. The van der Waals surface area contributed by atoms with Crippen molar-refractivity contribution in [2.45, 2.75) is 20.4 Å². The molecule has 4 heteroatoms. The van der Waals surface area contributed by atoms with Crippen molar-refractivity contribution in [1.29, 1.82) is 0 Å². The minimum Gasteiger partial charge on any atom is -0.335 e. The van der Waals surface area contributed by atoms with Crippen molar-refractivity contribution < 1.29 is 0 Å². The van der Waals surface area contributed by atoms with Gasteiger partial charge in [0.2, 0.25) is 0 Å². The van der Waals surface area contributed by atoms with E-state index in [0.717, 1.165) is 17.0 Å². The summed E-state index contributed by atoms with van der Waals surface area (Å²) in [6.45, 7) is 5.04. The van der Waals surface area contributed by atoms with Gasteiger partial charge in [-0.1, -0.05) is 0 Å². The summed E-state index contributed by atoms with van der Waals surface area (Å²) in [7, 11) is 0. The number of aromatic amines is 1. The molecule has 2 nitrogen and oxygen atoms in total. The van der Waals surface area contributed by atoms with Crippen LogP contribution in [0.25, 0.3) is 0 Å². The molecule has 0 fully saturated rings. The molecule has 0 radical (unpaired) electrons. The van der Waals surface area contributed by atoms with Crippen LogP contribution in [0.15, 0.2) is 17.6 Å². The number of aryl methyl sites for hydroxylation is 2. The van der Waals surface area contributed by atoms with E-state index in [1.54, 1.807) is 11.3 Å². The van der Waals surface area contributed by atoms with E-state index in [2.05, 4.69) is 34.1 Å². The summed E-state index contributed by atoms with van der Waals surface area (Å²) in [5.41, 5.74) is 2.46. The highest BCUT2D eigenvalue weighted by Gasteiger charge is 2.02. The average molecular weight is 224 g/mol. The Morgan fingerprint density at radius 1 is 1.50 bits per heavy atom. The van der Waals surface area contributed by atoms with Gasteiger partial charge in [0.05, 0.1) is 6.54 Å². The summed E-state index contributed by atoms with van der Waals surface area (Å²) < 4.78 is 2.87. The molecule has 14 heavy (non-hydrogen) atoms. The summed E-state index contributed by atoms with van der Waals surface area (Å²) in [5.74, 6) is 0. The summed E-state index contributed by atoms with van der Waals surface area (Å²) in [5, 5.41) is 2.12. The molecule has 2 rings (SSSR count). The summed E-state index contributed by atoms with van der Waals surface area (Å²) in [6.07, 6.45) is 2.06. The molecular weight excluding hydrogens is 212 g/mol. The van der Waals surface area contributed by atoms with Crippen LogP contribution in [0.3, 0.4) is 0 Å².